The minimum Gasteiger partial charge on any atom is -0.484 e. The van der Waals surface area contributed by atoms with Crippen LogP contribution in [0.1, 0.15) is 37.5 Å². The van der Waals surface area contributed by atoms with Crippen molar-refractivity contribution in [3.05, 3.63) is 64.3 Å². The summed E-state index contributed by atoms with van der Waals surface area (Å²) in [6.45, 7) is 2.30. The molecular formula is C33H41N3O11. The van der Waals surface area contributed by atoms with Gasteiger partial charge in [-0.1, -0.05) is 0 Å². The minimum atomic E-state index is -2.37. The first-order valence-corrected chi connectivity index (χ1v) is 15.8. The predicted octanol–water partition coefficient (Wildman–Crippen LogP) is 0.000420. The Morgan fingerprint density at radius 3 is 2.77 bits per heavy atom. The van der Waals surface area contributed by atoms with E-state index in [4.69, 9.17) is 18.9 Å². The van der Waals surface area contributed by atoms with E-state index in [1.807, 2.05) is 6.92 Å². The van der Waals surface area contributed by atoms with Crippen molar-refractivity contribution in [3.8, 4) is 5.75 Å². The third-order valence-electron chi connectivity index (χ3n) is 9.65. The van der Waals surface area contributed by atoms with Crippen LogP contribution in [0.15, 0.2) is 57.0 Å². The van der Waals surface area contributed by atoms with E-state index in [0.29, 0.717) is 59.6 Å². The largest absolute Gasteiger partial charge is 0.484 e. The first kappa shape index (κ1) is 33.3. The fourth-order valence-electron chi connectivity index (χ4n) is 6.72. The van der Waals surface area contributed by atoms with Crippen LogP contribution in [0.2, 0.25) is 0 Å². The van der Waals surface area contributed by atoms with Crippen LogP contribution in [0, 0.1) is 12.8 Å². The highest BCUT2D eigenvalue weighted by Crippen LogP contribution is 2.40. The second-order valence-electron chi connectivity index (χ2n) is 13.1. The van der Waals surface area contributed by atoms with Crippen molar-refractivity contribution in [2.24, 2.45) is 10.9 Å². The van der Waals surface area contributed by atoms with Gasteiger partial charge in [0.15, 0.2) is 5.43 Å². The molecule has 47 heavy (non-hydrogen) atoms. The number of nitrogens with zero attached hydrogens (tertiary/aromatic N) is 2. The number of benzene rings is 1. The molecule has 14 nitrogen and oxygen atoms in total. The van der Waals surface area contributed by atoms with Crippen molar-refractivity contribution in [3.63, 3.8) is 0 Å². The van der Waals surface area contributed by atoms with Gasteiger partial charge in [0.05, 0.1) is 30.3 Å². The van der Waals surface area contributed by atoms with Gasteiger partial charge >= 0.3 is 0 Å². The minimum absolute atomic E-state index is 0.00470. The van der Waals surface area contributed by atoms with E-state index < -0.39 is 48.8 Å². The standard InChI is InChI=1S/C33H41N3O11/c1-18-9-24(38)21-11-20-12-29(32(2,46-26(20)13-27(21)45-18)6-3-19-10-30(41)35-14-19)47-44-16-28(40)33(43,31(42)25(39)15-37)17-36-8-5-22-23(36)4-7-34-22/h4-5,7-9,11,13,19,23,25,28-29,31,37,39-40,42-43H,3,6,10,12,14-17H2,1-2H3,(H,35,41). The smallest absolute Gasteiger partial charge is 0.220 e. The molecule has 8 unspecified atom stereocenters. The fourth-order valence-corrected chi connectivity index (χ4v) is 6.72. The highest BCUT2D eigenvalue weighted by Gasteiger charge is 2.49. The van der Waals surface area contributed by atoms with Gasteiger partial charge in [0, 0.05) is 43.9 Å². The molecule has 1 amide bonds. The number of aryl methyl sites for hydroxylation is 1. The van der Waals surface area contributed by atoms with Crippen LogP contribution >= 0.6 is 0 Å². The summed E-state index contributed by atoms with van der Waals surface area (Å²) in [4.78, 5) is 41.9. The Kier molecular flexibility index (Phi) is 9.28. The number of nitrogens with one attached hydrogen (secondary N) is 1. The average molecular weight is 656 g/mol. The molecule has 8 atom stereocenters. The maximum Gasteiger partial charge on any atom is 0.220 e. The molecule has 1 aromatic carbocycles. The second-order valence-corrected chi connectivity index (χ2v) is 13.1. The number of hydrogen-bond donors (Lipinski definition) is 6. The van der Waals surface area contributed by atoms with Crippen LogP contribution in [0.5, 0.6) is 5.75 Å². The molecule has 0 bridgehead atoms. The molecule has 1 fully saturated rings. The molecule has 6 rings (SSSR count). The van der Waals surface area contributed by atoms with Crippen molar-refractivity contribution >= 4 is 22.6 Å². The second kappa shape index (κ2) is 13.1. The highest BCUT2D eigenvalue weighted by atomic mass is 17.2. The number of carbonyl (C=O) groups excluding carboxylic acids is 1. The van der Waals surface area contributed by atoms with Gasteiger partial charge in [-0.3, -0.25) is 14.6 Å². The fraction of sp³-hybridized carbons (Fsp3) is 0.545. The molecule has 2 aromatic rings. The van der Waals surface area contributed by atoms with Gasteiger partial charge in [0.2, 0.25) is 5.91 Å². The Labute approximate surface area is 270 Å². The number of ether oxygens (including phenoxy) is 1. The summed E-state index contributed by atoms with van der Waals surface area (Å²) < 4.78 is 12.3. The summed E-state index contributed by atoms with van der Waals surface area (Å²) in [5.74, 6) is 1.10. The lowest BCUT2D eigenvalue weighted by Gasteiger charge is -2.43. The van der Waals surface area contributed by atoms with E-state index in [-0.39, 0.29) is 36.3 Å². The molecule has 1 aromatic heterocycles. The van der Waals surface area contributed by atoms with Gasteiger partial charge in [-0.15, -0.1) is 0 Å². The zero-order valence-electron chi connectivity index (χ0n) is 26.2. The lowest BCUT2D eigenvalue weighted by molar-refractivity contribution is -0.365. The Morgan fingerprint density at radius 2 is 2.02 bits per heavy atom. The number of hydrogen-bond acceptors (Lipinski definition) is 13. The zero-order chi connectivity index (χ0) is 33.5. The molecule has 0 radical (unpaired) electrons. The summed E-state index contributed by atoms with van der Waals surface area (Å²) in [6, 6.07) is 4.48. The number of aliphatic hydroxyl groups excluding tert-OH is 4. The third kappa shape index (κ3) is 6.59. The Bertz CT molecular complexity index is 1660. The van der Waals surface area contributed by atoms with Crippen molar-refractivity contribution in [2.75, 3.05) is 26.3 Å². The number of aliphatic hydroxyl groups is 5. The molecule has 1 saturated heterocycles. The van der Waals surface area contributed by atoms with Crippen molar-refractivity contribution in [1.82, 2.24) is 10.2 Å². The van der Waals surface area contributed by atoms with E-state index in [1.54, 1.807) is 48.5 Å². The highest BCUT2D eigenvalue weighted by molar-refractivity contribution is 6.04. The first-order chi connectivity index (χ1) is 22.4. The van der Waals surface area contributed by atoms with E-state index >= 15 is 0 Å². The maximum atomic E-state index is 12.7. The summed E-state index contributed by atoms with van der Waals surface area (Å²) in [7, 11) is 0. The van der Waals surface area contributed by atoms with Crippen molar-refractivity contribution in [2.45, 2.75) is 81.2 Å². The maximum absolute atomic E-state index is 12.7. The monoisotopic (exact) mass is 655 g/mol. The quantitative estimate of drug-likeness (QED) is 0.125. The molecule has 254 valence electrons. The SMILES string of the molecule is Cc1cc(=O)c2cc3c(cc2o1)OC(C)(CCC1CNC(=O)C1)C(OOCC(O)C(O)(CN1C=CC2=NC=CC21)C(O)C(O)CO)C3. The normalized spacial score (nSPS) is 28.0. The first-order valence-electron chi connectivity index (χ1n) is 15.8. The number of β-amino-alcohol motifs (C(OH)–C–C–N with tert-alkyl or cyclic N) is 1. The molecular weight excluding hydrogens is 614 g/mol. The number of aliphatic imine (C=N–C) groups is 1. The lowest BCUT2D eigenvalue weighted by Crippen LogP contribution is -2.64. The molecule has 6 N–H and O–H groups in total. The van der Waals surface area contributed by atoms with E-state index in [0.717, 1.165) is 0 Å². The van der Waals surface area contributed by atoms with E-state index in [2.05, 4.69) is 10.3 Å². The Hall–Kier alpha value is -3.63. The molecule has 0 spiro atoms. The van der Waals surface area contributed by atoms with Gasteiger partial charge in [-0.05, 0) is 56.4 Å². The topological polar surface area (TPSA) is 204 Å². The summed E-state index contributed by atoms with van der Waals surface area (Å²) in [6.07, 6.45) is 2.33. The van der Waals surface area contributed by atoms with Crippen LogP contribution < -0.4 is 15.5 Å². The summed E-state index contributed by atoms with van der Waals surface area (Å²) in [5, 5.41) is 56.7. The van der Waals surface area contributed by atoms with Gasteiger partial charge in [0.1, 0.15) is 59.3 Å². The van der Waals surface area contributed by atoms with E-state index in [1.165, 1.54) is 6.07 Å². The Morgan fingerprint density at radius 1 is 1.21 bits per heavy atom. The molecule has 0 saturated carbocycles. The molecule has 4 aliphatic rings. The average Bonchev–Trinajstić information content (AvgIpc) is 3.77. The molecule has 4 aliphatic heterocycles. The van der Waals surface area contributed by atoms with Gasteiger partial charge in [-0.25, -0.2) is 9.78 Å². The van der Waals surface area contributed by atoms with Gasteiger partial charge < -0.3 is 44.9 Å². The predicted molar refractivity (Wildman–Crippen MR) is 167 cm³/mol. The third-order valence-corrected chi connectivity index (χ3v) is 9.65. The van der Waals surface area contributed by atoms with Gasteiger partial charge in [0.25, 0.3) is 0 Å². The van der Waals surface area contributed by atoms with Crippen molar-refractivity contribution < 1.29 is 49.3 Å². The molecule has 0 aliphatic carbocycles. The van der Waals surface area contributed by atoms with Gasteiger partial charge in [-0.2, -0.15) is 0 Å². The number of carbonyl (C=O) groups is 1. The summed E-state index contributed by atoms with van der Waals surface area (Å²) >= 11 is 0. The van der Waals surface area contributed by atoms with Crippen LogP contribution in [0.3, 0.4) is 0 Å². The number of amides is 1. The molecule has 5 heterocycles. The lowest BCUT2D eigenvalue weighted by atomic mass is 9.83. The Balaban J connectivity index is 1.20. The van der Waals surface area contributed by atoms with Crippen LogP contribution in [0.25, 0.3) is 11.0 Å². The molecule has 14 heteroatoms. The number of rotatable bonds is 13. The van der Waals surface area contributed by atoms with Crippen LogP contribution in [0.4, 0.5) is 0 Å². The number of fused-ring (bicyclic) bond motifs is 3. The zero-order valence-corrected chi connectivity index (χ0v) is 26.2. The van der Waals surface area contributed by atoms with Crippen molar-refractivity contribution in [1.29, 1.82) is 0 Å². The summed E-state index contributed by atoms with van der Waals surface area (Å²) in [5.41, 5.74) is -1.75. The van der Waals surface area contributed by atoms with E-state index in [9.17, 15) is 35.1 Å². The van der Waals surface area contributed by atoms with Crippen LogP contribution in [-0.4, -0.2) is 110 Å². The van der Waals surface area contributed by atoms with Crippen LogP contribution in [-0.2, 0) is 21.0 Å².